The van der Waals surface area contributed by atoms with E-state index in [9.17, 15) is 13.2 Å². The molecule has 2 N–H and O–H groups in total. The zero-order chi connectivity index (χ0) is 12.3. The molecule has 0 bridgehead atoms. The van der Waals surface area contributed by atoms with E-state index >= 15 is 0 Å². The van der Waals surface area contributed by atoms with E-state index in [2.05, 4.69) is 0 Å². The molecule has 0 aliphatic carbocycles. The first-order chi connectivity index (χ1) is 7.30. The smallest absolute Gasteiger partial charge is 0.327 e. The van der Waals surface area contributed by atoms with Gasteiger partial charge in [0.1, 0.15) is 0 Å². The minimum absolute atomic E-state index is 0.108. The first-order valence-corrected chi connectivity index (χ1v) is 5.22. The summed E-state index contributed by atoms with van der Waals surface area (Å²) in [5, 5.41) is 0. The van der Waals surface area contributed by atoms with Gasteiger partial charge in [-0.2, -0.15) is 13.2 Å². The van der Waals surface area contributed by atoms with Crippen LogP contribution in [0, 0.1) is 5.92 Å². The van der Waals surface area contributed by atoms with E-state index in [1.54, 1.807) is 6.07 Å². The van der Waals surface area contributed by atoms with Gasteiger partial charge in [0.15, 0.2) is 0 Å². The molecule has 0 spiro atoms. The lowest BCUT2D eigenvalue weighted by Crippen LogP contribution is -2.28. The Hall–Kier alpha value is -1.03. The minimum Gasteiger partial charge on any atom is -0.327 e. The highest BCUT2D eigenvalue weighted by Crippen LogP contribution is 2.29. The van der Waals surface area contributed by atoms with Crippen molar-refractivity contribution in [1.29, 1.82) is 0 Å². The van der Waals surface area contributed by atoms with Gasteiger partial charge in [0.05, 0.1) is 5.56 Å². The summed E-state index contributed by atoms with van der Waals surface area (Å²) in [5.74, 6) is 0.259. The van der Waals surface area contributed by atoms with Gasteiger partial charge in [-0.25, -0.2) is 0 Å². The Labute approximate surface area is 93.5 Å². The number of rotatable bonds is 3. The first-order valence-electron chi connectivity index (χ1n) is 5.22. The molecule has 1 aromatic carbocycles. The molecule has 1 rings (SSSR count). The second-order valence-electron chi connectivity index (χ2n) is 4.31. The maximum atomic E-state index is 12.4. The third-order valence-corrected chi connectivity index (χ3v) is 2.58. The van der Waals surface area contributed by atoms with Crippen LogP contribution < -0.4 is 5.73 Å². The summed E-state index contributed by atoms with van der Waals surface area (Å²) < 4.78 is 37.3. The van der Waals surface area contributed by atoms with Gasteiger partial charge in [-0.3, -0.25) is 0 Å². The van der Waals surface area contributed by atoms with Gasteiger partial charge in [-0.1, -0.05) is 32.0 Å². The molecule has 0 aliphatic heterocycles. The van der Waals surface area contributed by atoms with Crippen LogP contribution in [0.3, 0.4) is 0 Å². The number of benzene rings is 1. The minimum atomic E-state index is -4.28. The van der Waals surface area contributed by atoms with Gasteiger partial charge in [0, 0.05) is 6.04 Å². The quantitative estimate of drug-likeness (QED) is 0.849. The maximum absolute atomic E-state index is 12.4. The third kappa shape index (κ3) is 3.52. The van der Waals surface area contributed by atoms with Crippen molar-refractivity contribution in [2.45, 2.75) is 32.5 Å². The van der Waals surface area contributed by atoms with Crippen LogP contribution in [0.2, 0.25) is 0 Å². The van der Waals surface area contributed by atoms with Gasteiger partial charge in [0.2, 0.25) is 0 Å². The second-order valence-corrected chi connectivity index (χ2v) is 4.31. The van der Waals surface area contributed by atoms with Gasteiger partial charge in [-0.15, -0.1) is 0 Å². The van der Waals surface area contributed by atoms with Crippen LogP contribution in [0.1, 0.15) is 25.0 Å². The van der Waals surface area contributed by atoms with E-state index in [1.807, 2.05) is 13.8 Å². The summed E-state index contributed by atoms with van der Waals surface area (Å²) in [6, 6.07) is 5.23. The number of halogens is 3. The average molecular weight is 231 g/mol. The molecule has 90 valence electrons. The van der Waals surface area contributed by atoms with Crippen LogP contribution in [0.15, 0.2) is 24.3 Å². The second kappa shape index (κ2) is 4.87. The van der Waals surface area contributed by atoms with Gasteiger partial charge in [0.25, 0.3) is 0 Å². The topological polar surface area (TPSA) is 26.0 Å². The molecular formula is C12H16F3N. The van der Waals surface area contributed by atoms with E-state index in [4.69, 9.17) is 5.73 Å². The van der Waals surface area contributed by atoms with Gasteiger partial charge >= 0.3 is 6.18 Å². The molecule has 0 saturated heterocycles. The molecule has 0 aliphatic rings. The number of alkyl halides is 3. The van der Waals surface area contributed by atoms with Crippen molar-refractivity contribution in [3.05, 3.63) is 35.4 Å². The highest BCUT2D eigenvalue weighted by atomic mass is 19.4. The van der Waals surface area contributed by atoms with E-state index in [-0.39, 0.29) is 12.0 Å². The van der Waals surface area contributed by atoms with Gasteiger partial charge in [-0.05, 0) is 24.0 Å². The largest absolute Gasteiger partial charge is 0.416 e. The number of nitrogens with two attached hydrogens (primary N) is 1. The average Bonchev–Trinajstić information content (AvgIpc) is 2.16. The van der Waals surface area contributed by atoms with Crippen molar-refractivity contribution in [1.82, 2.24) is 0 Å². The Morgan fingerprint density at radius 2 is 1.88 bits per heavy atom. The summed E-state index contributed by atoms with van der Waals surface area (Å²) in [6.07, 6.45) is -3.81. The lowest BCUT2D eigenvalue weighted by molar-refractivity contribution is -0.137. The monoisotopic (exact) mass is 231 g/mol. The van der Waals surface area contributed by atoms with Gasteiger partial charge < -0.3 is 5.73 Å². The standard InChI is InChI=1S/C12H16F3N/c1-8(2)11(16)7-9-4-3-5-10(6-9)12(13,14)15/h3-6,8,11H,7,16H2,1-2H3. The zero-order valence-corrected chi connectivity index (χ0v) is 9.38. The normalized spacial score (nSPS) is 14.2. The van der Waals surface area contributed by atoms with Crippen molar-refractivity contribution < 1.29 is 13.2 Å². The van der Waals surface area contributed by atoms with Crippen LogP contribution in [0.5, 0.6) is 0 Å². The molecule has 1 atom stereocenters. The molecule has 16 heavy (non-hydrogen) atoms. The number of hydrogen-bond acceptors (Lipinski definition) is 1. The van der Waals surface area contributed by atoms with E-state index in [1.165, 1.54) is 12.1 Å². The Morgan fingerprint density at radius 3 is 2.38 bits per heavy atom. The molecule has 1 unspecified atom stereocenters. The Morgan fingerprint density at radius 1 is 1.25 bits per heavy atom. The van der Waals surface area contributed by atoms with Crippen LogP contribution >= 0.6 is 0 Å². The van der Waals surface area contributed by atoms with Crippen molar-refractivity contribution in [3.63, 3.8) is 0 Å². The molecule has 0 radical (unpaired) electrons. The molecule has 1 nitrogen and oxygen atoms in total. The summed E-state index contributed by atoms with van der Waals surface area (Å²) in [4.78, 5) is 0. The highest BCUT2D eigenvalue weighted by molar-refractivity contribution is 5.26. The molecule has 4 heteroatoms. The Kier molecular flexibility index (Phi) is 3.97. The number of hydrogen-bond donors (Lipinski definition) is 1. The van der Waals surface area contributed by atoms with E-state index in [0.717, 1.165) is 6.07 Å². The van der Waals surface area contributed by atoms with Crippen LogP contribution in [-0.4, -0.2) is 6.04 Å². The molecule has 0 fully saturated rings. The summed E-state index contributed by atoms with van der Waals surface area (Å²) in [6.45, 7) is 3.91. The van der Waals surface area contributed by atoms with Crippen molar-refractivity contribution in [3.8, 4) is 0 Å². The molecule has 1 aromatic rings. The predicted molar refractivity (Wildman–Crippen MR) is 58.0 cm³/mol. The molecular weight excluding hydrogens is 215 g/mol. The third-order valence-electron chi connectivity index (χ3n) is 2.58. The Bertz CT molecular complexity index is 344. The zero-order valence-electron chi connectivity index (χ0n) is 9.38. The first kappa shape index (κ1) is 13.0. The molecule has 0 saturated carbocycles. The summed E-state index contributed by atoms with van der Waals surface area (Å²) in [5.41, 5.74) is 5.85. The maximum Gasteiger partial charge on any atom is 0.416 e. The van der Waals surface area contributed by atoms with Crippen molar-refractivity contribution in [2.75, 3.05) is 0 Å². The van der Waals surface area contributed by atoms with E-state index < -0.39 is 11.7 Å². The van der Waals surface area contributed by atoms with Crippen LogP contribution in [0.25, 0.3) is 0 Å². The lowest BCUT2D eigenvalue weighted by Gasteiger charge is -2.16. The molecule has 0 heterocycles. The predicted octanol–water partition coefficient (Wildman–Crippen LogP) is 3.23. The van der Waals surface area contributed by atoms with E-state index in [0.29, 0.717) is 12.0 Å². The van der Waals surface area contributed by atoms with Crippen LogP contribution in [0.4, 0.5) is 13.2 Å². The summed E-state index contributed by atoms with van der Waals surface area (Å²) in [7, 11) is 0. The molecule has 0 amide bonds. The summed E-state index contributed by atoms with van der Waals surface area (Å²) >= 11 is 0. The lowest BCUT2D eigenvalue weighted by atomic mass is 9.96. The fraction of sp³-hybridized carbons (Fsp3) is 0.500. The highest BCUT2D eigenvalue weighted by Gasteiger charge is 2.30. The molecule has 0 aromatic heterocycles. The van der Waals surface area contributed by atoms with Crippen LogP contribution in [-0.2, 0) is 12.6 Å². The Balaban J connectivity index is 2.83. The fourth-order valence-electron chi connectivity index (χ4n) is 1.38. The fourth-order valence-corrected chi connectivity index (χ4v) is 1.38. The van der Waals surface area contributed by atoms with Crippen molar-refractivity contribution in [2.24, 2.45) is 11.7 Å². The SMILES string of the molecule is CC(C)C(N)Cc1cccc(C(F)(F)F)c1. The van der Waals surface area contributed by atoms with Crippen molar-refractivity contribution >= 4 is 0 Å².